The van der Waals surface area contributed by atoms with Gasteiger partial charge in [-0.2, -0.15) is 0 Å². The van der Waals surface area contributed by atoms with E-state index < -0.39 is 0 Å². The van der Waals surface area contributed by atoms with Crippen LogP contribution in [0.4, 0.5) is 5.82 Å². The molecule has 6 heteroatoms. The number of rotatable bonds is 5. The van der Waals surface area contributed by atoms with Gasteiger partial charge in [0.15, 0.2) is 5.82 Å². The molecule has 1 atom stereocenters. The van der Waals surface area contributed by atoms with Crippen LogP contribution in [-0.4, -0.2) is 66.3 Å². The first-order valence-corrected chi connectivity index (χ1v) is 10.4. The molecule has 0 aliphatic carbocycles. The third-order valence-electron chi connectivity index (χ3n) is 6.13. The Bertz CT molecular complexity index is 616. The molecule has 3 aliphatic rings. The lowest BCUT2D eigenvalue weighted by atomic mass is 9.96. The number of piperidine rings is 1. The van der Waals surface area contributed by atoms with E-state index in [1.807, 2.05) is 6.92 Å². The molecule has 26 heavy (non-hydrogen) atoms. The molecular weight excluding hydrogens is 326 g/mol. The Labute approximate surface area is 157 Å². The summed E-state index contributed by atoms with van der Waals surface area (Å²) in [6.45, 7) is 11.1. The van der Waals surface area contributed by atoms with Crippen molar-refractivity contribution in [2.24, 2.45) is 0 Å². The lowest BCUT2D eigenvalue weighted by molar-refractivity contribution is 0.0870. The maximum absolute atomic E-state index is 5.59. The van der Waals surface area contributed by atoms with Crippen molar-refractivity contribution in [1.29, 1.82) is 0 Å². The van der Waals surface area contributed by atoms with Gasteiger partial charge in [-0.3, -0.25) is 4.90 Å². The van der Waals surface area contributed by atoms with E-state index in [9.17, 15) is 0 Å². The highest BCUT2D eigenvalue weighted by Gasteiger charge is 2.37. The van der Waals surface area contributed by atoms with E-state index in [2.05, 4.69) is 22.0 Å². The first-order valence-electron chi connectivity index (χ1n) is 10.4. The summed E-state index contributed by atoms with van der Waals surface area (Å²) in [7, 11) is 0. The maximum Gasteiger partial charge on any atom is 0.156 e. The predicted octanol–water partition coefficient (Wildman–Crippen LogP) is 1.76. The molecule has 0 aromatic carbocycles. The summed E-state index contributed by atoms with van der Waals surface area (Å²) in [5.41, 5.74) is 2.59. The minimum Gasteiger partial charge on any atom is -0.374 e. The fraction of sp³-hybridized carbons (Fsp3) is 0.800. The molecule has 6 nitrogen and oxygen atoms in total. The second-order valence-corrected chi connectivity index (χ2v) is 7.92. The van der Waals surface area contributed by atoms with Crippen molar-refractivity contribution in [2.45, 2.75) is 64.6 Å². The van der Waals surface area contributed by atoms with Crippen molar-refractivity contribution in [3.05, 3.63) is 17.1 Å². The second kappa shape index (κ2) is 8.19. The van der Waals surface area contributed by atoms with Crippen LogP contribution in [0.15, 0.2) is 0 Å². The van der Waals surface area contributed by atoms with Crippen molar-refractivity contribution in [3.63, 3.8) is 0 Å². The lowest BCUT2D eigenvalue weighted by Gasteiger charge is -2.50. The molecule has 1 aromatic rings. The van der Waals surface area contributed by atoms with Gasteiger partial charge in [0.2, 0.25) is 0 Å². The molecule has 0 spiro atoms. The fourth-order valence-corrected chi connectivity index (χ4v) is 4.60. The van der Waals surface area contributed by atoms with Crippen molar-refractivity contribution in [1.82, 2.24) is 20.2 Å². The van der Waals surface area contributed by atoms with Gasteiger partial charge >= 0.3 is 0 Å². The van der Waals surface area contributed by atoms with Crippen LogP contribution in [-0.2, 0) is 24.2 Å². The zero-order valence-corrected chi connectivity index (χ0v) is 16.3. The van der Waals surface area contributed by atoms with Gasteiger partial charge in [0, 0.05) is 50.3 Å². The van der Waals surface area contributed by atoms with E-state index in [-0.39, 0.29) is 0 Å². The number of likely N-dealkylation sites (tertiary alicyclic amines) is 1. The Morgan fingerprint density at radius 3 is 2.81 bits per heavy atom. The molecule has 0 bridgehead atoms. The molecule has 144 valence electrons. The molecule has 3 aliphatic heterocycles. The molecule has 0 radical (unpaired) electrons. The number of ether oxygens (including phenoxy) is 1. The predicted molar refractivity (Wildman–Crippen MR) is 104 cm³/mol. The molecule has 0 amide bonds. The van der Waals surface area contributed by atoms with Crippen molar-refractivity contribution < 1.29 is 4.74 Å². The molecule has 2 saturated heterocycles. The zero-order chi connectivity index (χ0) is 17.9. The average molecular weight is 360 g/mol. The van der Waals surface area contributed by atoms with Crippen LogP contribution in [0.3, 0.4) is 0 Å². The van der Waals surface area contributed by atoms with Crippen LogP contribution < -0.4 is 10.2 Å². The van der Waals surface area contributed by atoms with E-state index in [4.69, 9.17) is 14.7 Å². The first-order chi connectivity index (χ1) is 12.8. The number of aromatic nitrogens is 2. The molecule has 1 N–H and O–H groups in total. The van der Waals surface area contributed by atoms with Crippen LogP contribution in [0, 0.1) is 0 Å². The smallest absolute Gasteiger partial charge is 0.156 e. The Morgan fingerprint density at radius 2 is 2.00 bits per heavy atom. The first kappa shape index (κ1) is 18.1. The summed E-state index contributed by atoms with van der Waals surface area (Å²) < 4.78 is 5.59. The Kier molecular flexibility index (Phi) is 5.72. The van der Waals surface area contributed by atoms with Crippen molar-refractivity contribution >= 4 is 5.82 Å². The molecule has 4 heterocycles. The Balaban J connectivity index is 1.52. The van der Waals surface area contributed by atoms with Crippen LogP contribution in [0.25, 0.3) is 0 Å². The number of nitrogens with zero attached hydrogens (tertiary/aromatic N) is 4. The monoisotopic (exact) mass is 359 g/mol. The quantitative estimate of drug-likeness (QED) is 0.865. The minimum atomic E-state index is 0.518. The summed E-state index contributed by atoms with van der Waals surface area (Å²) in [4.78, 5) is 15.0. The average Bonchev–Trinajstić information content (AvgIpc) is 2.85. The maximum atomic E-state index is 5.59. The van der Waals surface area contributed by atoms with E-state index >= 15 is 0 Å². The highest BCUT2D eigenvalue weighted by atomic mass is 16.5. The molecule has 1 aromatic heterocycles. The van der Waals surface area contributed by atoms with Crippen LogP contribution >= 0.6 is 0 Å². The second-order valence-electron chi connectivity index (χ2n) is 7.92. The van der Waals surface area contributed by atoms with Crippen LogP contribution in [0.2, 0.25) is 0 Å². The van der Waals surface area contributed by atoms with E-state index in [1.54, 1.807) is 0 Å². The van der Waals surface area contributed by atoms with Gasteiger partial charge in [0.25, 0.3) is 0 Å². The summed E-state index contributed by atoms with van der Waals surface area (Å²) >= 11 is 0. The number of fused-ring (bicyclic) bond motifs is 1. The fourth-order valence-electron chi connectivity index (χ4n) is 4.60. The summed E-state index contributed by atoms with van der Waals surface area (Å²) in [6, 6.07) is 1.42. The van der Waals surface area contributed by atoms with Gasteiger partial charge in [-0.1, -0.05) is 6.42 Å². The van der Waals surface area contributed by atoms with Gasteiger partial charge < -0.3 is 15.0 Å². The van der Waals surface area contributed by atoms with Crippen LogP contribution in [0.1, 0.15) is 50.2 Å². The summed E-state index contributed by atoms with van der Waals surface area (Å²) in [5.74, 6) is 2.02. The Hall–Kier alpha value is -1.24. The van der Waals surface area contributed by atoms with Gasteiger partial charge in [0.05, 0.1) is 5.69 Å². The number of nitrogens with one attached hydrogen (secondary N) is 1. The largest absolute Gasteiger partial charge is 0.374 e. The minimum absolute atomic E-state index is 0.518. The molecule has 0 unspecified atom stereocenters. The van der Waals surface area contributed by atoms with Crippen LogP contribution in [0.5, 0.6) is 0 Å². The van der Waals surface area contributed by atoms with Crippen molar-refractivity contribution in [2.75, 3.05) is 44.2 Å². The molecule has 4 rings (SSSR count). The topological polar surface area (TPSA) is 53.5 Å². The lowest BCUT2D eigenvalue weighted by Crippen LogP contribution is -2.62. The Morgan fingerprint density at radius 1 is 1.15 bits per heavy atom. The van der Waals surface area contributed by atoms with Gasteiger partial charge in [0.1, 0.15) is 12.4 Å². The zero-order valence-electron chi connectivity index (χ0n) is 16.3. The SMILES string of the molecule is CCOCc1nc2c(c(N3CC(N4CCCC[C@@H]4C)C3)n1)CCNCC2. The summed E-state index contributed by atoms with van der Waals surface area (Å²) in [5, 5.41) is 3.50. The molecule has 2 fully saturated rings. The van der Waals surface area contributed by atoms with Crippen molar-refractivity contribution in [3.8, 4) is 0 Å². The van der Waals surface area contributed by atoms with Gasteiger partial charge in [-0.25, -0.2) is 9.97 Å². The number of hydrogen-bond acceptors (Lipinski definition) is 6. The highest BCUT2D eigenvalue weighted by Crippen LogP contribution is 2.31. The highest BCUT2D eigenvalue weighted by molar-refractivity contribution is 5.52. The van der Waals surface area contributed by atoms with E-state index in [1.165, 1.54) is 42.9 Å². The summed E-state index contributed by atoms with van der Waals surface area (Å²) in [6.07, 6.45) is 6.12. The molecule has 0 saturated carbocycles. The third kappa shape index (κ3) is 3.73. The van der Waals surface area contributed by atoms with E-state index in [0.717, 1.165) is 50.9 Å². The number of hydrogen-bond donors (Lipinski definition) is 1. The van der Waals surface area contributed by atoms with E-state index in [0.29, 0.717) is 19.3 Å². The molecular formula is C20H33N5O. The van der Waals surface area contributed by atoms with Gasteiger partial charge in [-0.15, -0.1) is 0 Å². The third-order valence-corrected chi connectivity index (χ3v) is 6.13. The standard InChI is InChI=1S/C20H33N5O/c1-3-26-14-19-22-18-8-10-21-9-7-17(18)20(23-19)24-12-16(13-24)25-11-5-4-6-15(25)2/h15-16,21H,3-14H2,1-2H3/t15-/m0/s1. The van der Waals surface area contributed by atoms with Gasteiger partial charge in [-0.05, 0) is 46.2 Å². The number of anilines is 1. The normalized spacial score (nSPS) is 24.8.